The van der Waals surface area contributed by atoms with Gasteiger partial charge in [-0.05, 0) is 59.0 Å². The molecule has 0 aliphatic carbocycles. The van der Waals surface area contributed by atoms with E-state index in [2.05, 4.69) is 34.8 Å². The van der Waals surface area contributed by atoms with Gasteiger partial charge in [0, 0.05) is 17.8 Å². The highest BCUT2D eigenvalue weighted by atomic mass is 79.9. The number of methoxy groups -OCH3 is 1. The summed E-state index contributed by atoms with van der Waals surface area (Å²) in [5.41, 5.74) is 0.892. The molecule has 0 aromatic carbocycles. The van der Waals surface area contributed by atoms with Gasteiger partial charge in [0.25, 0.3) is 0 Å². The van der Waals surface area contributed by atoms with Crippen molar-refractivity contribution in [3.05, 3.63) is 28.5 Å². The molecular weight excluding hydrogens is 350 g/mol. The first-order valence-electron chi connectivity index (χ1n) is 7.12. The molecule has 6 heteroatoms. The molecule has 0 bridgehead atoms. The fourth-order valence-corrected chi connectivity index (χ4v) is 2.83. The average molecular weight is 376 g/mol. The maximum Gasteiger partial charge on any atom is 0.188 e. The van der Waals surface area contributed by atoms with Crippen molar-refractivity contribution >= 4 is 24.2 Å². The van der Waals surface area contributed by atoms with Crippen LogP contribution in [0.5, 0.6) is 0 Å². The third kappa shape index (κ3) is 5.79. The Labute approximate surface area is 137 Å². The van der Waals surface area contributed by atoms with Gasteiger partial charge in [0.1, 0.15) is 12.9 Å². The van der Waals surface area contributed by atoms with E-state index < -0.39 is 8.32 Å². The highest BCUT2D eigenvalue weighted by Crippen LogP contribution is 2.42. The first-order chi connectivity index (χ1) is 9.67. The third-order valence-electron chi connectivity index (χ3n) is 4.15. The summed E-state index contributed by atoms with van der Waals surface area (Å²) in [6.07, 6.45) is 3.35. The van der Waals surface area contributed by atoms with Crippen LogP contribution in [0.2, 0.25) is 18.1 Å². The van der Waals surface area contributed by atoms with Crippen molar-refractivity contribution < 1.29 is 14.3 Å². The molecule has 0 aliphatic rings. The molecule has 0 fully saturated rings. The van der Waals surface area contributed by atoms with Gasteiger partial charge in [-0.3, -0.25) is 4.98 Å². The van der Waals surface area contributed by atoms with Gasteiger partial charge < -0.3 is 14.3 Å². The lowest BCUT2D eigenvalue weighted by molar-refractivity contribution is -0.0785. The molecule has 0 saturated carbocycles. The first kappa shape index (κ1) is 18.8. The molecule has 1 aromatic heterocycles. The normalized spacial score (nSPS) is 14.2. The van der Waals surface area contributed by atoms with Gasteiger partial charge in [0.05, 0.1) is 5.69 Å². The standard InChI is InChI=1S/C15H26BrNO3Si/c1-15(2,21(4,5)18)9-8-14(20-11-19-3)13-7-6-12(16)10-17-13/h6-7,10,14,18H,8-9,11H2,1-5H3. The molecule has 1 aromatic rings. The molecule has 4 nitrogen and oxygen atoms in total. The monoisotopic (exact) mass is 375 g/mol. The molecule has 21 heavy (non-hydrogen) atoms. The molecule has 1 N–H and O–H groups in total. The van der Waals surface area contributed by atoms with E-state index in [0.29, 0.717) is 0 Å². The molecule has 1 rings (SSSR count). The van der Waals surface area contributed by atoms with E-state index in [9.17, 15) is 4.80 Å². The topological polar surface area (TPSA) is 51.6 Å². The van der Waals surface area contributed by atoms with Crippen LogP contribution in [0.1, 0.15) is 38.5 Å². The van der Waals surface area contributed by atoms with Gasteiger partial charge in [0.15, 0.2) is 8.32 Å². The molecule has 1 heterocycles. The summed E-state index contributed by atoms with van der Waals surface area (Å²) in [5, 5.41) is -0.0724. The van der Waals surface area contributed by atoms with Crippen LogP contribution in [-0.4, -0.2) is 32.0 Å². The Hall–Kier alpha value is -0.273. The Morgan fingerprint density at radius 3 is 2.52 bits per heavy atom. The minimum atomic E-state index is -2.21. The second-order valence-electron chi connectivity index (χ2n) is 6.44. The lowest BCUT2D eigenvalue weighted by Gasteiger charge is -2.36. The Morgan fingerprint density at radius 1 is 1.38 bits per heavy atom. The summed E-state index contributed by atoms with van der Waals surface area (Å²) in [5.74, 6) is 0. The zero-order valence-corrected chi connectivity index (χ0v) is 16.1. The Morgan fingerprint density at radius 2 is 2.05 bits per heavy atom. The van der Waals surface area contributed by atoms with Gasteiger partial charge in [-0.2, -0.15) is 0 Å². The van der Waals surface area contributed by atoms with Crippen molar-refractivity contribution in [1.82, 2.24) is 4.98 Å². The predicted octanol–water partition coefficient (Wildman–Crippen LogP) is 4.26. The molecule has 0 saturated heterocycles. The Kier molecular flexibility index (Phi) is 7.00. The quantitative estimate of drug-likeness (QED) is 0.544. The Bertz CT molecular complexity index is 432. The van der Waals surface area contributed by atoms with Crippen LogP contribution < -0.4 is 0 Å². The van der Waals surface area contributed by atoms with Crippen LogP contribution in [0, 0.1) is 0 Å². The number of aromatic nitrogens is 1. The second kappa shape index (κ2) is 7.83. The van der Waals surface area contributed by atoms with E-state index in [1.807, 2.05) is 25.2 Å². The number of hydrogen-bond acceptors (Lipinski definition) is 4. The van der Waals surface area contributed by atoms with Gasteiger partial charge in [-0.25, -0.2) is 0 Å². The number of halogens is 1. The summed E-state index contributed by atoms with van der Waals surface area (Å²) in [7, 11) is -0.597. The summed E-state index contributed by atoms with van der Waals surface area (Å²) in [4.78, 5) is 14.8. The molecule has 1 atom stereocenters. The average Bonchev–Trinajstić information content (AvgIpc) is 2.39. The van der Waals surface area contributed by atoms with Crippen molar-refractivity contribution in [2.75, 3.05) is 13.9 Å². The van der Waals surface area contributed by atoms with Crippen LogP contribution in [0.15, 0.2) is 22.8 Å². The second-order valence-corrected chi connectivity index (χ2v) is 11.8. The number of hydrogen-bond donors (Lipinski definition) is 1. The van der Waals surface area contributed by atoms with Crippen LogP contribution >= 0.6 is 15.9 Å². The van der Waals surface area contributed by atoms with Crippen molar-refractivity contribution in [2.45, 2.75) is 50.9 Å². The van der Waals surface area contributed by atoms with Crippen LogP contribution in [0.25, 0.3) is 0 Å². The number of nitrogens with zero attached hydrogens (tertiary/aromatic N) is 1. The number of rotatable bonds is 8. The van der Waals surface area contributed by atoms with E-state index in [1.54, 1.807) is 13.3 Å². The summed E-state index contributed by atoms with van der Waals surface area (Å²) >= 11 is 3.39. The molecule has 1 unspecified atom stereocenters. The van der Waals surface area contributed by atoms with Crippen molar-refractivity contribution in [2.24, 2.45) is 0 Å². The molecule has 0 aliphatic heterocycles. The van der Waals surface area contributed by atoms with Gasteiger partial charge >= 0.3 is 0 Å². The van der Waals surface area contributed by atoms with Crippen LogP contribution in [-0.2, 0) is 9.47 Å². The van der Waals surface area contributed by atoms with Gasteiger partial charge in [-0.1, -0.05) is 13.8 Å². The fourth-order valence-electron chi connectivity index (χ4n) is 1.84. The molecule has 0 radical (unpaired) electrons. The van der Waals surface area contributed by atoms with E-state index in [-0.39, 0.29) is 17.9 Å². The zero-order chi connectivity index (χ0) is 16.1. The highest BCUT2D eigenvalue weighted by Gasteiger charge is 2.38. The smallest absolute Gasteiger partial charge is 0.188 e. The lowest BCUT2D eigenvalue weighted by Crippen LogP contribution is -2.39. The summed E-state index contributed by atoms with van der Waals surface area (Å²) in [6, 6.07) is 3.92. The summed E-state index contributed by atoms with van der Waals surface area (Å²) < 4.78 is 11.7. The maximum atomic E-state index is 10.4. The predicted molar refractivity (Wildman–Crippen MR) is 90.6 cm³/mol. The SMILES string of the molecule is COCOC(CCC(C)(C)[Si](C)(C)O)c1ccc(Br)cn1. The van der Waals surface area contributed by atoms with E-state index in [0.717, 1.165) is 23.0 Å². The van der Waals surface area contributed by atoms with Gasteiger partial charge in [0.2, 0.25) is 0 Å². The first-order valence-corrected chi connectivity index (χ1v) is 10.9. The molecule has 0 spiro atoms. The van der Waals surface area contributed by atoms with Gasteiger partial charge in [-0.15, -0.1) is 0 Å². The largest absolute Gasteiger partial charge is 0.432 e. The lowest BCUT2D eigenvalue weighted by atomic mass is 10.0. The number of pyridine rings is 1. The van der Waals surface area contributed by atoms with E-state index in [4.69, 9.17) is 9.47 Å². The van der Waals surface area contributed by atoms with Crippen LogP contribution in [0.4, 0.5) is 0 Å². The highest BCUT2D eigenvalue weighted by molar-refractivity contribution is 9.10. The minimum Gasteiger partial charge on any atom is -0.432 e. The maximum absolute atomic E-state index is 10.4. The van der Waals surface area contributed by atoms with Crippen molar-refractivity contribution in [3.8, 4) is 0 Å². The zero-order valence-electron chi connectivity index (χ0n) is 13.5. The summed E-state index contributed by atoms with van der Waals surface area (Å²) in [6.45, 7) is 8.46. The van der Waals surface area contributed by atoms with Crippen molar-refractivity contribution in [3.63, 3.8) is 0 Å². The Balaban J connectivity index is 2.77. The van der Waals surface area contributed by atoms with Crippen molar-refractivity contribution in [1.29, 1.82) is 0 Å². The van der Waals surface area contributed by atoms with E-state index in [1.165, 1.54) is 0 Å². The fraction of sp³-hybridized carbons (Fsp3) is 0.667. The van der Waals surface area contributed by atoms with Crippen LogP contribution in [0.3, 0.4) is 0 Å². The third-order valence-corrected chi connectivity index (χ3v) is 8.19. The van der Waals surface area contributed by atoms with E-state index >= 15 is 0 Å². The molecule has 0 amide bonds. The minimum absolute atomic E-state index is 0.0724. The molecule has 120 valence electrons. The number of ether oxygens (including phenoxy) is 2. The molecular formula is C15H26BrNO3Si.